The normalized spacial score (nSPS) is 17.2. The molecule has 1 saturated heterocycles. The van der Waals surface area contributed by atoms with Crippen molar-refractivity contribution in [3.63, 3.8) is 0 Å². The van der Waals surface area contributed by atoms with Gasteiger partial charge >= 0.3 is 0 Å². The number of rotatable bonds is 3. The Bertz CT molecular complexity index is 513. The lowest BCUT2D eigenvalue weighted by atomic mass is 10.1. The highest BCUT2D eigenvalue weighted by atomic mass is 16.5. The first-order valence-corrected chi connectivity index (χ1v) is 6.32. The van der Waals surface area contributed by atoms with Crippen molar-refractivity contribution in [2.45, 2.75) is 32.2 Å². The standard InChI is InChI=1S/C11H16N6O/c1-2-10-13-11(18-15-10)9-7-17(16-14-9)8-3-5-12-6-4-8/h7-8,12H,2-6H2,1H3. The number of aromatic nitrogens is 5. The van der Waals surface area contributed by atoms with E-state index in [2.05, 4.69) is 25.8 Å². The number of piperidine rings is 1. The summed E-state index contributed by atoms with van der Waals surface area (Å²) in [6, 6.07) is 0.418. The quantitative estimate of drug-likeness (QED) is 0.865. The second-order valence-corrected chi connectivity index (χ2v) is 4.43. The van der Waals surface area contributed by atoms with Gasteiger partial charge in [0.2, 0.25) is 0 Å². The minimum atomic E-state index is 0.418. The van der Waals surface area contributed by atoms with Crippen LogP contribution in [-0.2, 0) is 6.42 Å². The average molecular weight is 248 g/mol. The van der Waals surface area contributed by atoms with E-state index < -0.39 is 0 Å². The van der Waals surface area contributed by atoms with Crippen LogP contribution in [0.25, 0.3) is 11.6 Å². The van der Waals surface area contributed by atoms with Crippen molar-refractivity contribution in [1.29, 1.82) is 0 Å². The Morgan fingerprint density at radius 2 is 2.28 bits per heavy atom. The van der Waals surface area contributed by atoms with E-state index in [0.717, 1.165) is 32.4 Å². The summed E-state index contributed by atoms with van der Waals surface area (Å²) in [7, 11) is 0. The van der Waals surface area contributed by atoms with Gasteiger partial charge in [0.05, 0.1) is 12.2 Å². The van der Waals surface area contributed by atoms with Crippen molar-refractivity contribution < 1.29 is 4.52 Å². The fourth-order valence-electron chi connectivity index (χ4n) is 2.13. The van der Waals surface area contributed by atoms with Crippen molar-refractivity contribution in [1.82, 2.24) is 30.5 Å². The summed E-state index contributed by atoms with van der Waals surface area (Å²) in [6.45, 7) is 4.04. The van der Waals surface area contributed by atoms with Gasteiger partial charge in [0.25, 0.3) is 5.89 Å². The van der Waals surface area contributed by atoms with Crippen molar-refractivity contribution >= 4 is 0 Å². The molecule has 0 radical (unpaired) electrons. The molecule has 1 fully saturated rings. The number of nitrogens with zero attached hydrogens (tertiary/aromatic N) is 5. The van der Waals surface area contributed by atoms with E-state index in [1.165, 1.54) is 0 Å². The summed E-state index contributed by atoms with van der Waals surface area (Å²) < 4.78 is 7.06. The summed E-state index contributed by atoms with van der Waals surface area (Å²) in [5.41, 5.74) is 0.653. The molecule has 2 aromatic heterocycles. The molecule has 18 heavy (non-hydrogen) atoms. The molecular weight excluding hydrogens is 232 g/mol. The van der Waals surface area contributed by atoms with Gasteiger partial charge in [0, 0.05) is 6.42 Å². The summed E-state index contributed by atoms with van der Waals surface area (Å²) in [6.07, 6.45) is 4.80. The maximum Gasteiger partial charge on any atom is 0.280 e. The SMILES string of the molecule is CCc1noc(-c2cn(C3CCNCC3)nn2)n1. The average Bonchev–Trinajstić information content (AvgIpc) is 3.08. The van der Waals surface area contributed by atoms with Crippen molar-refractivity contribution in [2.24, 2.45) is 0 Å². The number of hydrogen-bond acceptors (Lipinski definition) is 6. The third-order valence-electron chi connectivity index (χ3n) is 3.20. The van der Waals surface area contributed by atoms with E-state index in [1.54, 1.807) is 0 Å². The molecular formula is C11H16N6O. The Morgan fingerprint density at radius 1 is 1.44 bits per heavy atom. The minimum absolute atomic E-state index is 0.418. The molecule has 7 heteroatoms. The smallest absolute Gasteiger partial charge is 0.280 e. The number of hydrogen-bond donors (Lipinski definition) is 1. The van der Waals surface area contributed by atoms with Gasteiger partial charge in [-0.25, -0.2) is 4.68 Å². The molecule has 0 aromatic carbocycles. The first-order chi connectivity index (χ1) is 8.86. The second kappa shape index (κ2) is 4.85. The van der Waals surface area contributed by atoms with Gasteiger partial charge in [-0.3, -0.25) is 0 Å². The zero-order valence-electron chi connectivity index (χ0n) is 10.3. The van der Waals surface area contributed by atoms with Crippen LogP contribution in [0.2, 0.25) is 0 Å². The lowest BCUT2D eigenvalue weighted by Gasteiger charge is -2.21. The van der Waals surface area contributed by atoms with Gasteiger partial charge in [0.1, 0.15) is 0 Å². The van der Waals surface area contributed by atoms with Crippen LogP contribution < -0.4 is 5.32 Å². The van der Waals surface area contributed by atoms with E-state index in [0.29, 0.717) is 23.5 Å². The molecule has 0 unspecified atom stereocenters. The minimum Gasteiger partial charge on any atom is -0.332 e. The van der Waals surface area contributed by atoms with Gasteiger partial charge in [-0.05, 0) is 25.9 Å². The van der Waals surface area contributed by atoms with Crippen LogP contribution in [0, 0.1) is 0 Å². The summed E-state index contributed by atoms with van der Waals surface area (Å²) in [4.78, 5) is 4.25. The van der Waals surface area contributed by atoms with Crippen LogP contribution >= 0.6 is 0 Å². The molecule has 0 atom stereocenters. The molecule has 96 valence electrons. The summed E-state index contributed by atoms with van der Waals surface area (Å²) in [5, 5.41) is 15.5. The molecule has 3 heterocycles. The first kappa shape index (κ1) is 11.3. The van der Waals surface area contributed by atoms with Gasteiger partial charge in [0.15, 0.2) is 11.5 Å². The molecule has 3 rings (SSSR count). The highest BCUT2D eigenvalue weighted by molar-refractivity contribution is 5.43. The van der Waals surface area contributed by atoms with Crippen molar-refractivity contribution in [2.75, 3.05) is 13.1 Å². The summed E-state index contributed by atoms with van der Waals surface area (Å²) >= 11 is 0. The van der Waals surface area contributed by atoms with Crippen LogP contribution in [-0.4, -0.2) is 38.2 Å². The van der Waals surface area contributed by atoms with Crippen LogP contribution in [0.15, 0.2) is 10.7 Å². The molecule has 0 aliphatic carbocycles. The predicted octanol–water partition coefficient (Wildman–Crippen LogP) is 0.815. The van der Waals surface area contributed by atoms with Crippen molar-refractivity contribution in [3.05, 3.63) is 12.0 Å². The van der Waals surface area contributed by atoms with Gasteiger partial charge in [-0.1, -0.05) is 17.3 Å². The third kappa shape index (κ3) is 2.13. The molecule has 0 saturated carbocycles. The molecule has 0 spiro atoms. The molecule has 7 nitrogen and oxygen atoms in total. The Morgan fingerprint density at radius 3 is 3.00 bits per heavy atom. The lowest BCUT2D eigenvalue weighted by Crippen LogP contribution is -2.29. The maximum atomic E-state index is 5.15. The summed E-state index contributed by atoms with van der Waals surface area (Å²) in [5.74, 6) is 1.15. The van der Waals surface area contributed by atoms with E-state index in [4.69, 9.17) is 4.52 Å². The third-order valence-corrected chi connectivity index (χ3v) is 3.20. The Kier molecular flexibility index (Phi) is 3.06. The monoisotopic (exact) mass is 248 g/mol. The van der Waals surface area contributed by atoms with Crippen molar-refractivity contribution in [3.8, 4) is 11.6 Å². The van der Waals surface area contributed by atoms with E-state index in [-0.39, 0.29) is 0 Å². The highest BCUT2D eigenvalue weighted by Gasteiger charge is 2.18. The fraction of sp³-hybridized carbons (Fsp3) is 0.636. The Hall–Kier alpha value is -1.76. The van der Waals surface area contributed by atoms with Gasteiger partial charge in [-0.15, -0.1) is 5.10 Å². The molecule has 2 aromatic rings. The van der Waals surface area contributed by atoms with E-state index in [1.807, 2.05) is 17.8 Å². The first-order valence-electron chi connectivity index (χ1n) is 6.32. The molecule has 0 bridgehead atoms. The van der Waals surface area contributed by atoms with Gasteiger partial charge < -0.3 is 9.84 Å². The largest absolute Gasteiger partial charge is 0.332 e. The number of nitrogens with one attached hydrogen (secondary N) is 1. The van der Waals surface area contributed by atoms with E-state index >= 15 is 0 Å². The number of aryl methyl sites for hydroxylation is 1. The van der Waals surface area contributed by atoms with Crippen LogP contribution in [0.3, 0.4) is 0 Å². The Labute approximate surface area is 105 Å². The molecule has 1 aliphatic heterocycles. The predicted molar refractivity (Wildman–Crippen MR) is 63.8 cm³/mol. The van der Waals surface area contributed by atoms with Gasteiger partial charge in [-0.2, -0.15) is 4.98 Å². The van der Waals surface area contributed by atoms with E-state index in [9.17, 15) is 0 Å². The zero-order valence-corrected chi connectivity index (χ0v) is 10.3. The Balaban J connectivity index is 1.79. The highest BCUT2D eigenvalue weighted by Crippen LogP contribution is 2.20. The zero-order chi connectivity index (χ0) is 12.4. The fourth-order valence-corrected chi connectivity index (χ4v) is 2.13. The lowest BCUT2D eigenvalue weighted by molar-refractivity contribution is 0.337. The maximum absolute atomic E-state index is 5.15. The molecule has 1 aliphatic rings. The topological polar surface area (TPSA) is 81.7 Å². The second-order valence-electron chi connectivity index (χ2n) is 4.43. The van der Waals surface area contributed by atoms with Crippen LogP contribution in [0.1, 0.15) is 31.6 Å². The molecule has 0 amide bonds. The molecule has 1 N–H and O–H groups in total. The van der Waals surface area contributed by atoms with Crippen LogP contribution in [0.4, 0.5) is 0 Å². The van der Waals surface area contributed by atoms with Crippen LogP contribution in [0.5, 0.6) is 0 Å².